The quantitative estimate of drug-likeness (QED) is 0.900. The Morgan fingerprint density at radius 1 is 1.50 bits per heavy atom. The molecule has 6 heteroatoms. The van der Waals surface area contributed by atoms with E-state index < -0.39 is 0 Å². The zero-order valence-corrected chi connectivity index (χ0v) is 10.3. The zero-order chi connectivity index (χ0) is 13.1. The third-order valence-electron chi connectivity index (χ3n) is 2.29. The molecule has 0 radical (unpaired) electrons. The van der Waals surface area contributed by atoms with Crippen molar-refractivity contribution in [2.75, 3.05) is 5.32 Å². The number of hydrogen-bond donors (Lipinski definition) is 1. The number of benzene rings is 1. The molecule has 0 spiro atoms. The van der Waals surface area contributed by atoms with Gasteiger partial charge in [0.05, 0.1) is 22.3 Å². The molecule has 0 unspecified atom stereocenters. The topological polar surface area (TPSA) is 70.7 Å². The second-order valence-electron chi connectivity index (χ2n) is 3.64. The fourth-order valence-corrected chi connectivity index (χ4v) is 1.58. The van der Waals surface area contributed by atoms with Crippen LogP contribution < -0.4 is 5.32 Å². The molecule has 0 aliphatic heterocycles. The van der Waals surface area contributed by atoms with Crippen molar-refractivity contribution in [3.05, 3.63) is 46.7 Å². The first kappa shape index (κ1) is 12.1. The van der Waals surface area contributed by atoms with Crippen LogP contribution >= 0.6 is 11.6 Å². The summed E-state index contributed by atoms with van der Waals surface area (Å²) in [5.74, 6) is -0.368. The van der Waals surface area contributed by atoms with Crippen LogP contribution in [0, 0.1) is 11.3 Å². The third-order valence-corrected chi connectivity index (χ3v) is 2.62. The van der Waals surface area contributed by atoms with Crippen LogP contribution in [0.4, 0.5) is 5.69 Å². The van der Waals surface area contributed by atoms with Crippen molar-refractivity contribution in [1.29, 1.82) is 5.26 Å². The summed E-state index contributed by atoms with van der Waals surface area (Å²) in [6, 6.07) is 8.24. The van der Waals surface area contributed by atoms with E-state index in [-0.39, 0.29) is 11.6 Å². The molecule has 1 aromatic carbocycles. The Bertz CT molecular complexity index is 642. The first-order chi connectivity index (χ1) is 8.60. The van der Waals surface area contributed by atoms with Gasteiger partial charge >= 0.3 is 0 Å². The van der Waals surface area contributed by atoms with Gasteiger partial charge in [0.1, 0.15) is 0 Å². The van der Waals surface area contributed by atoms with Gasteiger partial charge in [0.25, 0.3) is 5.91 Å². The molecule has 2 aromatic rings. The number of nitriles is 1. The van der Waals surface area contributed by atoms with Crippen molar-refractivity contribution in [3.8, 4) is 6.07 Å². The maximum Gasteiger partial charge on any atom is 0.276 e. The Hall–Kier alpha value is -2.32. The molecular weight excluding hydrogens is 252 g/mol. The van der Waals surface area contributed by atoms with Crippen molar-refractivity contribution in [2.24, 2.45) is 7.05 Å². The Kier molecular flexibility index (Phi) is 3.31. The molecule has 0 fully saturated rings. The number of carbonyl (C=O) groups excluding carboxylic acids is 1. The van der Waals surface area contributed by atoms with Gasteiger partial charge in [-0.2, -0.15) is 10.4 Å². The SMILES string of the molecule is Cn1ccc(C(=O)Nc2cc(C#N)ccc2Cl)n1. The van der Waals surface area contributed by atoms with Crippen molar-refractivity contribution >= 4 is 23.2 Å². The molecule has 0 atom stereocenters. The van der Waals surface area contributed by atoms with E-state index >= 15 is 0 Å². The van der Waals surface area contributed by atoms with E-state index in [2.05, 4.69) is 10.4 Å². The van der Waals surface area contributed by atoms with Crippen molar-refractivity contribution in [2.45, 2.75) is 0 Å². The molecule has 0 saturated heterocycles. The lowest BCUT2D eigenvalue weighted by molar-refractivity contribution is 0.102. The summed E-state index contributed by atoms with van der Waals surface area (Å²) in [7, 11) is 1.72. The van der Waals surface area contributed by atoms with Crippen LogP contribution in [0.1, 0.15) is 16.1 Å². The Labute approximate surface area is 109 Å². The van der Waals surface area contributed by atoms with Crippen LogP contribution in [-0.4, -0.2) is 15.7 Å². The van der Waals surface area contributed by atoms with Gasteiger partial charge < -0.3 is 5.32 Å². The van der Waals surface area contributed by atoms with Gasteiger partial charge in [-0.25, -0.2) is 0 Å². The number of anilines is 1. The molecule has 2 rings (SSSR count). The van der Waals surface area contributed by atoms with Crippen LogP contribution in [0.15, 0.2) is 30.5 Å². The van der Waals surface area contributed by atoms with Crippen LogP contribution in [0.2, 0.25) is 5.02 Å². The van der Waals surface area contributed by atoms with Crippen molar-refractivity contribution in [3.63, 3.8) is 0 Å². The second kappa shape index (κ2) is 4.90. The van der Waals surface area contributed by atoms with E-state index in [1.165, 1.54) is 10.7 Å². The Morgan fingerprint density at radius 3 is 2.89 bits per heavy atom. The lowest BCUT2D eigenvalue weighted by Crippen LogP contribution is -2.13. The monoisotopic (exact) mass is 260 g/mol. The smallest absolute Gasteiger partial charge is 0.276 e. The molecular formula is C12H9ClN4O. The van der Waals surface area contributed by atoms with Gasteiger partial charge in [-0.15, -0.1) is 0 Å². The summed E-state index contributed by atoms with van der Waals surface area (Å²) in [5.41, 5.74) is 1.11. The minimum absolute atomic E-state index is 0.288. The number of hydrogen-bond acceptors (Lipinski definition) is 3. The maximum absolute atomic E-state index is 11.9. The fourth-order valence-electron chi connectivity index (χ4n) is 1.41. The van der Waals surface area contributed by atoms with Crippen LogP contribution in [0.5, 0.6) is 0 Å². The van der Waals surface area contributed by atoms with E-state index in [1.807, 2.05) is 6.07 Å². The van der Waals surface area contributed by atoms with Gasteiger partial charge in [-0.05, 0) is 24.3 Å². The van der Waals surface area contributed by atoms with E-state index in [0.717, 1.165) is 0 Å². The summed E-state index contributed by atoms with van der Waals surface area (Å²) >= 11 is 5.94. The number of aryl methyl sites for hydroxylation is 1. The molecule has 90 valence electrons. The number of rotatable bonds is 2. The first-order valence-electron chi connectivity index (χ1n) is 5.11. The summed E-state index contributed by atoms with van der Waals surface area (Å²) < 4.78 is 1.53. The van der Waals surface area contributed by atoms with Crippen LogP contribution in [0.25, 0.3) is 0 Å². The normalized spacial score (nSPS) is 9.83. The first-order valence-corrected chi connectivity index (χ1v) is 5.48. The van der Waals surface area contributed by atoms with Gasteiger partial charge in [-0.1, -0.05) is 11.6 Å². The lowest BCUT2D eigenvalue weighted by atomic mass is 10.2. The average Bonchev–Trinajstić information content (AvgIpc) is 2.79. The van der Waals surface area contributed by atoms with Crippen LogP contribution in [-0.2, 0) is 7.05 Å². The zero-order valence-electron chi connectivity index (χ0n) is 9.51. The largest absolute Gasteiger partial charge is 0.319 e. The van der Waals surface area contributed by atoms with Crippen LogP contribution in [0.3, 0.4) is 0 Å². The molecule has 1 amide bonds. The van der Waals surface area contributed by atoms with E-state index in [0.29, 0.717) is 16.3 Å². The number of aromatic nitrogens is 2. The summed E-state index contributed by atoms with van der Waals surface area (Å²) in [5, 5.41) is 15.8. The summed E-state index contributed by atoms with van der Waals surface area (Å²) in [4.78, 5) is 11.9. The van der Waals surface area contributed by atoms with E-state index in [1.54, 1.807) is 31.4 Å². The Morgan fingerprint density at radius 2 is 2.28 bits per heavy atom. The number of halogens is 1. The van der Waals surface area contributed by atoms with Gasteiger partial charge in [-0.3, -0.25) is 9.48 Å². The minimum Gasteiger partial charge on any atom is -0.319 e. The molecule has 1 heterocycles. The number of amides is 1. The average molecular weight is 261 g/mol. The predicted molar refractivity (Wildman–Crippen MR) is 67.3 cm³/mol. The molecule has 0 bridgehead atoms. The predicted octanol–water partition coefficient (Wildman–Crippen LogP) is 2.20. The van der Waals surface area contributed by atoms with E-state index in [9.17, 15) is 4.79 Å². The lowest BCUT2D eigenvalue weighted by Gasteiger charge is -2.05. The highest BCUT2D eigenvalue weighted by atomic mass is 35.5. The minimum atomic E-state index is -0.368. The molecule has 0 saturated carbocycles. The summed E-state index contributed by atoms with van der Waals surface area (Å²) in [6.07, 6.45) is 1.67. The highest BCUT2D eigenvalue weighted by Crippen LogP contribution is 2.23. The molecule has 0 aliphatic carbocycles. The van der Waals surface area contributed by atoms with E-state index in [4.69, 9.17) is 16.9 Å². The number of nitrogens with zero attached hydrogens (tertiary/aromatic N) is 3. The highest BCUT2D eigenvalue weighted by molar-refractivity contribution is 6.33. The van der Waals surface area contributed by atoms with Gasteiger partial charge in [0.15, 0.2) is 5.69 Å². The number of nitrogens with one attached hydrogen (secondary N) is 1. The fraction of sp³-hybridized carbons (Fsp3) is 0.0833. The van der Waals surface area contributed by atoms with Gasteiger partial charge in [0.2, 0.25) is 0 Å². The standard InChI is InChI=1S/C12H9ClN4O/c1-17-5-4-10(16-17)12(18)15-11-6-8(7-14)2-3-9(11)13/h2-6H,1H3,(H,15,18). The maximum atomic E-state index is 11.9. The Balaban J connectivity index is 2.24. The number of carbonyl (C=O) groups is 1. The van der Waals surface area contributed by atoms with Gasteiger partial charge in [0, 0.05) is 13.2 Å². The van der Waals surface area contributed by atoms with Crippen molar-refractivity contribution in [1.82, 2.24) is 9.78 Å². The molecule has 5 nitrogen and oxygen atoms in total. The molecule has 0 aliphatic rings. The molecule has 18 heavy (non-hydrogen) atoms. The molecule has 1 aromatic heterocycles. The van der Waals surface area contributed by atoms with Crippen molar-refractivity contribution < 1.29 is 4.79 Å². The second-order valence-corrected chi connectivity index (χ2v) is 4.04. The molecule has 1 N–H and O–H groups in total. The summed E-state index contributed by atoms with van der Waals surface area (Å²) in [6.45, 7) is 0. The third kappa shape index (κ3) is 2.50. The highest BCUT2D eigenvalue weighted by Gasteiger charge is 2.11.